The van der Waals surface area contributed by atoms with Crippen LogP contribution in [0.5, 0.6) is 5.75 Å². The maximum Gasteiger partial charge on any atom is 0.261 e. The zero-order chi connectivity index (χ0) is 14.1. The lowest BCUT2D eigenvalue weighted by Crippen LogP contribution is -2.20. The summed E-state index contributed by atoms with van der Waals surface area (Å²) >= 11 is 0. The normalized spacial score (nSPS) is 10.5. The standard InChI is InChI=1S/C13H16F2N2O2/c1-18-12-3-2-10(6-11(12)7-16)8-17-4-5-19-9-13(14)15/h2-3,6,13,17H,4-5,8-9H2,1H3. The van der Waals surface area contributed by atoms with Crippen LogP contribution in [0.2, 0.25) is 0 Å². The minimum absolute atomic E-state index is 0.228. The van der Waals surface area contributed by atoms with Gasteiger partial charge in [0.1, 0.15) is 18.4 Å². The Morgan fingerprint density at radius 1 is 1.42 bits per heavy atom. The van der Waals surface area contributed by atoms with Crippen LogP contribution in [0, 0.1) is 11.3 Å². The average molecular weight is 270 g/mol. The summed E-state index contributed by atoms with van der Waals surface area (Å²) in [5.74, 6) is 0.534. The van der Waals surface area contributed by atoms with Crippen LogP contribution >= 0.6 is 0 Å². The van der Waals surface area contributed by atoms with Gasteiger partial charge in [-0.05, 0) is 17.7 Å². The molecule has 0 bridgehead atoms. The maximum atomic E-state index is 11.8. The van der Waals surface area contributed by atoms with Gasteiger partial charge in [0.15, 0.2) is 0 Å². The lowest BCUT2D eigenvalue weighted by atomic mass is 10.1. The fourth-order valence-electron chi connectivity index (χ4n) is 1.50. The molecule has 1 aromatic rings. The minimum Gasteiger partial charge on any atom is -0.495 e. The molecule has 0 fully saturated rings. The molecular weight excluding hydrogens is 254 g/mol. The number of nitrogens with zero attached hydrogens (tertiary/aromatic N) is 1. The van der Waals surface area contributed by atoms with Gasteiger partial charge in [0.2, 0.25) is 0 Å². The van der Waals surface area contributed by atoms with Crippen LogP contribution in [0.1, 0.15) is 11.1 Å². The van der Waals surface area contributed by atoms with Crippen LogP contribution < -0.4 is 10.1 Å². The van der Waals surface area contributed by atoms with Gasteiger partial charge in [-0.3, -0.25) is 0 Å². The van der Waals surface area contributed by atoms with E-state index in [1.165, 1.54) is 7.11 Å². The summed E-state index contributed by atoms with van der Waals surface area (Å²) in [5, 5.41) is 12.0. The highest BCUT2D eigenvalue weighted by molar-refractivity contribution is 5.45. The molecule has 1 N–H and O–H groups in total. The Labute approximate surface area is 110 Å². The van der Waals surface area contributed by atoms with E-state index < -0.39 is 13.0 Å². The summed E-state index contributed by atoms with van der Waals surface area (Å²) in [4.78, 5) is 0. The number of halogens is 2. The van der Waals surface area contributed by atoms with Gasteiger partial charge in [0.05, 0.1) is 19.3 Å². The van der Waals surface area contributed by atoms with E-state index in [1.54, 1.807) is 12.1 Å². The lowest BCUT2D eigenvalue weighted by Gasteiger charge is -2.08. The van der Waals surface area contributed by atoms with Crippen LogP contribution in [0.25, 0.3) is 0 Å². The van der Waals surface area contributed by atoms with Gasteiger partial charge in [-0.1, -0.05) is 6.07 Å². The predicted molar refractivity (Wildman–Crippen MR) is 66.2 cm³/mol. The van der Waals surface area contributed by atoms with Gasteiger partial charge >= 0.3 is 0 Å². The Morgan fingerprint density at radius 3 is 2.84 bits per heavy atom. The third-order valence-electron chi connectivity index (χ3n) is 2.38. The topological polar surface area (TPSA) is 54.3 Å². The van der Waals surface area contributed by atoms with Crippen molar-refractivity contribution in [3.8, 4) is 11.8 Å². The Morgan fingerprint density at radius 2 is 2.21 bits per heavy atom. The molecule has 4 nitrogen and oxygen atoms in total. The van der Waals surface area contributed by atoms with Crippen LogP contribution in [-0.4, -0.2) is 33.3 Å². The number of methoxy groups -OCH3 is 1. The second kappa shape index (κ2) is 8.40. The lowest BCUT2D eigenvalue weighted by molar-refractivity contribution is 0.0187. The maximum absolute atomic E-state index is 11.8. The number of hydrogen-bond acceptors (Lipinski definition) is 4. The molecule has 0 amide bonds. The molecule has 0 unspecified atom stereocenters. The summed E-state index contributed by atoms with van der Waals surface area (Å²) in [5.41, 5.74) is 1.39. The first-order chi connectivity index (χ1) is 9.17. The van der Waals surface area contributed by atoms with E-state index in [2.05, 4.69) is 5.32 Å². The second-order valence-electron chi connectivity index (χ2n) is 3.79. The number of benzene rings is 1. The molecule has 0 radical (unpaired) electrons. The van der Waals surface area contributed by atoms with E-state index in [-0.39, 0.29) is 6.61 Å². The van der Waals surface area contributed by atoms with E-state index >= 15 is 0 Å². The van der Waals surface area contributed by atoms with Gasteiger partial charge in [0, 0.05) is 13.1 Å². The van der Waals surface area contributed by atoms with Crippen molar-refractivity contribution in [2.45, 2.75) is 13.0 Å². The molecule has 0 spiro atoms. The fraction of sp³-hybridized carbons (Fsp3) is 0.462. The summed E-state index contributed by atoms with van der Waals surface area (Å²) < 4.78 is 33.3. The molecule has 0 saturated carbocycles. The summed E-state index contributed by atoms with van der Waals surface area (Å²) in [6.07, 6.45) is -2.43. The minimum atomic E-state index is -2.43. The fourth-order valence-corrected chi connectivity index (χ4v) is 1.50. The molecular formula is C13H16F2N2O2. The Kier molecular flexibility index (Phi) is 6.79. The number of alkyl halides is 2. The smallest absolute Gasteiger partial charge is 0.261 e. The van der Waals surface area contributed by atoms with E-state index in [1.807, 2.05) is 12.1 Å². The van der Waals surface area contributed by atoms with Crippen molar-refractivity contribution in [1.29, 1.82) is 5.26 Å². The second-order valence-corrected chi connectivity index (χ2v) is 3.79. The van der Waals surface area contributed by atoms with Gasteiger partial charge in [-0.15, -0.1) is 0 Å². The van der Waals surface area contributed by atoms with E-state index in [4.69, 9.17) is 14.7 Å². The molecule has 0 aromatic heterocycles. The quantitative estimate of drug-likeness (QED) is 0.733. The molecule has 19 heavy (non-hydrogen) atoms. The van der Waals surface area contributed by atoms with Gasteiger partial charge < -0.3 is 14.8 Å². The molecule has 0 atom stereocenters. The van der Waals surface area contributed by atoms with Crippen LogP contribution in [0.4, 0.5) is 8.78 Å². The monoisotopic (exact) mass is 270 g/mol. The number of nitrogens with one attached hydrogen (secondary N) is 1. The highest BCUT2D eigenvalue weighted by atomic mass is 19.3. The van der Waals surface area contributed by atoms with Crippen LogP contribution in [-0.2, 0) is 11.3 Å². The van der Waals surface area contributed by atoms with Crippen molar-refractivity contribution >= 4 is 0 Å². The number of nitriles is 1. The third kappa shape index (κ3) is 5.64. The van der Waals surface area contributed by atoms with Crippen LogP contribution in [0.3, 0.4) is 0 Å². The number of ether oxygens (including phenoxy) is 2. The summed E-state index contributed by atoms with van der Waals surface area (Å²) in [7, 11) is 1.51. The van der Waals surface area contributed by atoms with Crippen molar-refractivity contribution in [2.75, 3.05) is 26.9 Å². The molecule has 0 heterocycles. The molecule has 0 saturated heterocycles. The van der Waals surface area contributed by atoms with E-state index in [0.29, 0.717) is 24.4 Å². The highest BCUT2D eigenvalue weighted by Crippen LogP contribution is 2.18. The molecule has 0 aliphatic carbocycles. The van der Waals surface area contributed by atoms with E-state index in [9.17, 15) is 8.78 Å². The molecule has 0 aliphatic heterocycles. The molecule has 0 aliphatic rings. The van der Waals surface area contributed by atoms with Crippen LogP contribution in [0.15, 0.2) is 18.2 Å². The Bertz CT molecular complexity index is 433. The first-order valence-corrected chi connectivity index (χ1v) is 5.81. The predicted octanol–water partition coefficient (Wildman–Crippen LogP) is 1.94. The SMILES string of the molecule is COc1ccc(CNCCOCC(F)F)cc1C#N. The third-order valence-corrected chi connectivity index (χ3v) is 2.38. The van der Waals surface area contributed by atoms with Crippen molar-refractivity contribution in [2.24, 2.45) is 0 Å². The molecule has 1 aromatic carbocycles. The zero-order valence-corrected chi connectivity index (χ0v) is 10.7. The Balaban J connectivity index is 2.32. The van der Waals surface area contributed by atoms with Crippen molar-refractivity contribution in [3.05, 3.63) is 29.3 Å². The van der Waals surface area contributed by atoms with E-state index in [0.717, 1.165) is 5.56 Å². The summed E-state index contributed by atoms with van der Waals surface area (Å²) in [6, 6.07) is 7.34. The summed E-state index contributed by atoms with van der Waals surface area (Å²) in [6.45, 7) is 0.700. The van der Waals surface area contributed by atoms with Crippen molar-refractivity contribution in [1.82, 2.24) is 5.32 Å². The number of rotatable bonds is 8. The Hall–Kier alpha value is -1.71. The number of hydrogen-bond donors (Lipinski definition) is 1. The van der Waals surface area contributed by atoms with Crippen molar-refractivity contribution in [3.63, 3.8) is 0 Å². The molecule has 1 rings (SSSR count). The first kappa shape index (κ1) is 15.3. The average Bonchev–Trinajstić information content (AvgIpc) is 2.42. The first-order valence-electron chi connectivity index (χ1n) is 5.81. The van der Waals surface area contributed by atoms with Gasteiger partial charge in [-0.25, -0.2) is 8.78 Å². The molecule has 104 valence electrons. The van der Waals surface area contributed by atoms with Gasteiger partial charge in [-0.2, -0.15) is 5.26 Å². The largest absolute Gasteiger partial charge is 0.495 e. The highest BCUT2D eigenvalue weighted by Gasteiger charge is 2.04. The molecule has 6 heteroatoms. The van der Waals surface area contributed by atoms with Crippen molar-refractivity contribution < 1.29 is 18.3 Å². The van der Waals surface area contributed by atoms with Gasteiger partial charge in [0.25, 0.3) is 6.43 Å². The zero-order valence-electron chi connectivity index (χ0n) is 10.7.